The molecule has 3 aromatic rings. The van der Waals surface area contributed by atoms with E-state index in [2.05, 4.69) is 109 Å². The molecule has 0 aliphatic carbocycles. The Bertz CT molecular complexity index is 1370. The number of aromatic hydroxyl groups is 2. The number of nitrogens with zero attached hydrogens (tertiary/aromatic N) is 2. The van der Waals surface area contributed by atoms with Crippen molar-refractivity contribution in [3.05, 3.63) is 81.9 Å². The first-order valence-corrected chi connectivity index (χ1v) is 14.6. The van der Waals surface area contributed by atoms with Gasteiger partial charge in [0.15, 0.2) is 0 Å². The van der Waals surface area contributed by atoms with E-state index >= 15 is 0 Å². The maximum Gasteiger partial charge on any atom is 2.00 e. The number of para-hydroxylation sites is 2. The van der Waals surface area contributed by atoms with E-state index < -0.39 is 0 Å². The van der Waals surface area contributed by atoms with Gasteiger partial charge in [-0.1, -0.05) is 107 Å². The quantitative estimate of drug-likeness (QED) is 0.166. The van der Waals surface area contributed by atoms with Crippen LogP contribution in [0.15, 0.2) is 58.5 Å². The molecule has 0 heterocycles. The largest absolute Gasteiger partial charge is 2.00 e. The van der Waals surface area contributed by atoms with E-state index in [1.54, 1.807) is 12.4 Å². The molecule has 3 rings (SSSR count). The molecule has 3 aromatic carbocycles. The summed E-state index contributed by atoms with van der Waals surface area (Å²) in [5.74, 6) is 0.507. The summed E-state index contributed by atoms with van der Waals surface area (Å²) in [5, 5.41) is 22.4. The van der Waals surface area contributed by atoms with Crippen molar-refractivity contribution in [3.8, 4) is 11.5 Å². The van der Waals surface area contributed by atoms with Crippen molar-refractivity contribution in [3.63, 3.8) is 0 Å². The van der Waals surface area contributed by atoms with Crippen LogP contribution in [0.3, 0.4) is 0 Å². The van der Waals surface area contributed by atoms with E-state index in [0.29, 0.717) is 22.5 Å². The summed E-state index contributed by atoms with van der Waals surface area (Å²) in [5.41, 5.74) is 6.23. The first-order chi connectivity index (χ1) is 20.2. The molecule has 2 N–H and O–H groups in total. The standard InChI is InChI=1S/C36H48N2O2.2CHO.Co/c1-33(2,3)25-17-23(31(39)27(19-25)35(7,8)9)21-37-29-15-13-14-16-30(29)38-22-24-18-26(34(4,5)6)20-28(32(24)40)36(10,11)12;2*1-2;/h13-22,39-40H,1-12H3;2*1H;/q;2*-1;+2. The van der Waals surface area contributed by atoms with Gasteiger partial charge in [-0.3, -0.25) is 23.6 Å². The maximum absolute atomic E-state index is 11.2. The molecule has 0 aliphatic rings. The fourth-order valence-corrected chi connectivity index (χ4v) is 4.48. The number of hydrogen-bond acceptors (Lipinski definition) is 6. The van der Waals surface area contributed by atoms with E-state index in [1.165, 1.54) is 0 Å². The van der Waals surface area contributed by atoms with Crippen LogP contribution >= 0.6 is 0 Å². The summed E-state index contributed by atoms with van der Waals surface area (Å²) < 4.78 is 0. The van der Waals surface area contributed by atoms with E-state index in [4.69, 9.17) is 19.6 Å². The average molecular weight is 658 g/mol. The Balaban J connectivity index is 0.00000372. The summed E-state index contributed by atoms with van der Waals surface area (Å²) in [6, 6.07) is 15.9. The molecule has 6 nitrogen and oxygen atoms in total. The first-order valence-electron chi connectivity index (χ1n) is 14.6. The van der Waals surface area contributed by atoms with Crippen molar-refractivity contribution in [2.75, 3.05) is 0 Å². The van der Waals surface area contributed by atoms with Crippen molar-refractivity contribution in [1.82, 2.24) is 0 Å². The Kier molecular flexibility index (Phi) is 14.9. The second-order valence-electron chi connectivity index (χ2n) is 14.9. The molecule has 0 atom stereocenters. The van der Waals surface area contributed by atoms with Crippen LogP contribution in [0.1, 0.15) is 116 Å². The number of carbonyl (C=O) groups excluding carboxylic acids is 2. The number of benzene rings is 3. The van der Waals surface area contributed by atoms with Crippen LogP contribution in [0, 0.1) is 0 Å². The molecular weight excluding hydrogens is 607 g/mol. The average Bonchev–Trinajstić information content (AvgIpc) is 2.92. The summed E-state index contributed by atoms with van der Waals surface area (Å²) in [6.07, 6.45) is 3.45. The Hall–Kier alpha value is -3.55. The van der Waals surface area contributed by atoms with Gasteiger partial charge >= 0.3 is 16.8 Å². The van der Waals surface area contributed by atoms with Crippen molar-refractivity contribution in [1.29, 1.82) is 0 Å². The van der Waals surface area contributed by atoms with E-state index in [-0.39, 0.29) is 49.9 Å². The molecule has 0 amide bonds. The summed E-state index contributed by atoms with van der Waals surface area (Å²) in [7, 11) is 0. The second-order valence-corrected chi connectivity index (χ2v) is 14.9. The minimum atomic E-state index is -0.217. The van der Waals surface area contributed by atoms with Crippen molar-refractivity contribution in [2.24, 2.45) is 9.98 Å². The molecule has 45 heavy (non-hydrogen) atoms. The topological polar surface area (TPSA) is 99.3 Å². The fraction of sp³-hybridized carbons (Fsp3) is 0.421. The number of hydrogen-bond donors (Lipinski definition) is 2. The minimum Gasteiger partial charge on any atom is -0.545 e. The molecule has 245 valence electrons. The molecule has 0 saturated heterocycles. The summed E-state index contributed by atoms with van der Waals surface area (Å²) >= 11 is 0. The molecule has 0 fully saturated rings. The van der Waals surface area contributed by atoms with E-state index in [9.17, 15) is 10.2 Å². The van der Waals surface area contributed by atoms with Crippen LogP contribution < -0.4 is 0 Å². The molecule has 0 bridgehead atoms. The number of phenols is 2. The van der Waals surface area contributed by atoms with Crippen LogP contribution in [0.5, 0.6) is 11.5 Å². The smallest absolute Gasteiger partial charge is 0.545 e. The van der Waals surface area contributed by atoms with Gasteiger partial charge in [0.2, 0.25) is 0 Å². The Morgan fingerprint density at radius 3 is 1.07 bits per heavy atom. The molecule has 1 radical (unpaired) electrons. The fourth-order valence-electron chi connectivity index (χ4n) is 4.48. The van der Waals surface area contributed by atoms with Gasteiger partial charge in [0, 0.05) is 34.7 Å². The summed E-state index contributed by atoms with van der Waals surface area (Å²) in [4.78, 5) is 25.0. The Morgan fingerprint density at radius 2 is 0.822 bits per heavy atom. The zero-order valence-electron chi connectivity index (χ0n) is 28.9. The molecule has 0 saturated carbocycles. The predicted molar refractivity (Wildman–Crippen MR) is 185 cm³/mol. The molecule has 0 aliphatic heterocycles. The maximum atomic E-state index is 11.2. The molecule has 0 aromatic heterocycles. The van der Waals surface area contributed by atoms with Gasteiger partial charge < -0.3 is 19.8 Å². The molecule has 0 unspecified atom stereocenters. The van der Waals surface area contributed by atoms with Crippen LogP contribution in [-0.2, 0) is 48.0 Å². The van der Waals surface area contributed by atoms with Gasteiger partial charge in [-0.15, -0.1) is 0 Å². The van der Waals surface area contributed by atoms with Crippen LogP contribution in [0.25, 0.3) is 0 Å². The van der Waals surface area contributed by atoms with Gasteiger partial charge in [0.1, 0.15) is 11.5 Å². The van der Waals surface area contributed by atoms with Gasteiger partial charge in [-0.2, -0.15) is 0 Å². The SMILES string of the molecule is CC(C)(C)c1cc(C=Nc2ccccc2N=Cc2cc(C(C)(C)C)cc(C(C)(C)C)c2O)c(O)c(C(C)(C)C)c1.[CH-]=O.[CH-]=O.[Co+2]. The summed E-state index contributed by atoms with van der Waals surface area (Å²) in [6.45, 7) is 32.2. The third kappa shape index (κ3) is 11.1. The third-order valence-electron chi connectivity index (χ3n) is 7.19. The second kappa shape index (κ2) is 16.1. The number of phenolic OH excluding ortho intramolecular Hbond substituents is 2. The predicted octanol–water partition coefficient (Wildman–Crippen LogP) is 9.24. The van der Waals surface area contributed by atoms with Gasteiger partial charge in [-0.25, -0.2) is 0 Å². The minimum absolute atomic E-state index is 0. The number of aliphatic imine (C=N–C) groups is 2. The zero-order valence-corrected chi connectivity index (χ0v) is 29.9. The van der Waals surface area contributed by atoms with Crippen molar-refractivity contribution >= 4 is 37.4 Å². The van der Waals surface area contributed by atoms with Crippen LogP contribution in [-0.4, -0.2) is 36.2 Å². The zero-order chi connectivity index (χ0) is 34.3. The van der Waals surface area contributed by atoms with Gasteiger partial charge in [0.25, 0.3) is 0 Å². The monoisotopic (exact) mass is 657 g/mol. The number of rotatable bonds is 4. The van der Waals surface area contributed by atoms with E-state index in [1.807, 2.05) is 36.4 Å². The van der Waals surface area contributed by atoms with E-state index in [0.717, 1.165) is 22.3 Å². The first kappa shape index (κ1) is 41.4. The van der Waals surface area contributed by atoms with Crippen molar-refractivity contribution < 1.29 is 36.6 Å². The third-order valence-corrected chi connectivity index (χ3v) is 7.19. The molecule has 0 spiro atoms. The van der Waals surface area contributed by atoms with Crippen LogP contribution in [0.4, 0.5) is 11.4 Å². The molecular formula is C38H50CoN2O4. The molecule has 7 heteroatoms. The Labute approximate surface area is 281 Å². The van der Waals surface area contributed by atoms with Gasteiger partial charge in [0.05, 0.1) is 11.4 Å². The van der Waals surface area contributed by atoms with Crippen molar-refractivity contribution in [2.45, 2.75) is 105 Å². The van der Waals surface area contributed by atoms with Gasteiger partial charge in [-0.05, 0) is 57.1 Å². The van der Waals surface area contributed by atoms with Crippen LogP contribution in [0.2, 0.25) is 0 Å². The Morgan fingerprint density at radius 1 is 0.533 bits per heavy atom. The normalized spacial score (nSPS) is 12.2.